The van der Waals surface area contributed by atoms with Gasteiger partial charge in [-0.05, 0) is 65.2 Å². The Bertz CT molecular complexity index is 2830. The third kappa shape index (κ3) is 10.4. The molecule has 24 heteroatoms. The van der Waals surface area contributed by atoms with Crippen LogP contribution in [0.1, 0.15) is 31.8 Å². The zero-order chi connectivity index (χ0) is 40.0. The molecule has 4 aromatic carbocycles. The zero-order valence-corrected chi connectivity index (χ0v) is 40.1. The predicted octanol–water partition coefficient (Wildman–Crippen LogP) is -4.96. The smallest absolute Gasteiger partial charge is 0.744 e. The number of ketones is 2. The van der Waals surface area contributed by atoms with Crippen molar-refractivity contribution in [3.05, 3.63) is 111 Å². The molecule has 2 aliphatic carbocycles. The van der Waals surface area contributed by atoms with Crippen molar-refractivity contribution in [2.45, 2.75) is 4.90 Å². The van der Waals surface area contributed by atoms with Gasteiger partial charge >= 0.3 is 88.7 Å². The summed E-state index contributed by atoms with van der Waals surface area (Å²) < 4.78 is 118. The van der Waals surface area contributed by atoms with E-state index in [1.807, 2.05) is 0 Å². The fourth-order valence-electron chi connectivity index (χ4n) is 5.59. The van der Waals surface area contributed by atoms with Gasteiger partial charge in [0, 0.05) is 11.1 Å². The molecule has 17 nitrogen and oxygen atoms in total. The number of hydrogen-bond acceptors (Lipinski definition) is 17. The molecule has 284 valence electrons. The first-order valence-corrected chi connectivity index (χ1v) is 19.8. The van der Waals surface area contributed by atoms with Gasteiger partial charge in [0.25, 0.3) is 0 Å². The average Bonchev–Trinajstić information content (AvgIpc) is 3.12. The van der Waals surface area contributed by atoms with E-state index in [1.165, 1.54) is 44.6 Å². The van der Waals surface area contributed by atoms with E-state index in [0.717, 1.165) is 18.2 Å². The maximum Gasteiger partial charge on any atom is 1.00 e. The molecule has 0 unspecified atom stereocenters. The molecular formula is C34H22ClN4Na3O13S3. The van der Waals surface area contributed by atoms with Crippen LogP contribution in [0, 0.1) is 0 Å². The maximum atomic E-state index is 13.4. The van der Waals surface area contributed by atoms with Crippen molar-refractivity contribution in [1.82, 2.24) is 0 Å². The number of nitrogens with zero attached hydrogens (tertiary/aromatic N) is 2. The number of fused-ring (bicyclic) bond motifs is 2. The summed E-state index contributed by atoms with van der Waals surface area (Å²) >= 11 is 6.10. The first-order valence-electron chi connectivity index (χ1n) is 15.2. The molecule has 6 rings (SSSR count). The molecule has 0 aromatic heterocycles. The fourth-order valence-corrected chi connectivity index (χ4v) is 7.85. The Balaban J connectivity index is 0.00000300. The number of carbonyl (C=O) groups excluding carboxylic acids is 2. The van der Waals surface area contributed by atoms with Crippen molar-refractivity contribution in [3.8, 4) is 22.6 Å². The number of carbonyl (C=O) groups is 2. The zero-order valence-electron chi connectivity index (χ0n) is 30.9. The van der Waals surface area contributed by atoms with Gasteiger partial charge < -0.3 is 23.1 Å². The van der Waals surface area contributed by atoms with Crippen LogP contribution in [-0.2, 0) is 30.4 Å². The number of rotatable bonds is 10. The van der Waals surface area contributed by atoms with Crippen LogP contribution in [0.5, 0.6) is 11.5 Å². The molecule has 0 fully saturated rings. The summed E-state index contributed by atoms with van der Waals surface area (Å²) in [7, 11) is -12.7. The second-order valence-corrected chi connectivity index (χ2v) is 15.9. The number of benzene rings is 4. The number of halogens is 1. The van der Waals surface area contributed by atoms with E-state index >= 15 is 0 Å². The van der Waals surface area contributed by atoms with Gasteiger partial charge in [0.2, 0.25) is 11.6 Å². The summed E-state index contributed by atoms with van der Waals surface area (Å²) in [4.78, 5) is 23.9. The molecule has 0 amide bonds. The second-order valence-electron chi connectivity index (χ2n) is 11.5. The topological polar surface area (TPSA) is 273 Å². The summed E-state index contributed by atoms with van der Waals surface area (Å²) in [5, 5.41) is 7.42. The van der Waals surface area contributed by atoms with Gasteiger partial charge in [-0.15, -0.1) is 0 Å². The number of hydrazone groups is 2. The standard InChI is InChI=1S/C34H25ClN4O13S3.3Na/c1-51-27-12-17(7-9-24(27)36-38-26-16-29(54(45,46)47)21-5-3-4-6-22(21)33(26)40)18-8-10-25(28(13-18)52-2)37-39-32-30(55(48,49)50)14-19-11-20(53(42,43)44)15-23(35)31(19)34(32)41;;;/h3-16,36-37H,1-2H3,(H,42,43,44)(H,45,46,47)(H,48,49,50);;;/q;3*+1/p-3/b38-26-,39-32+;;;. The Morgan fingerprint density at radius 2 is 1.14 bits per heavy atom. The van der Waals surface area contributed by atoms with Gasteiger partial charge in [-0.3, -0.25) is 20.4 Å². The molecule has 0 spiro atoms. The molecule has 0 aliphatic heterocycles. The third-order valence-corrected chi connectivity index (χ3v) is 11.0. The Kier molecular flexibility index (Phi) is 16.5. The Morgan fingerprint density at radius 3 is 1.64 bits per heavy atom. The molecule has 2 aliphatic rings. The largest absolute Gasteiger partial charge is 1.00 e. The Hall–Kier alpha value is -2.74. The number of methoxy groups -OCH3 is 2. The molecule has 4 aromatic rings. The summed E-state index contributed by atoms with van der Waals surface area (Å²) in [6, 6.07) is 16.5. The monoisotopic (exact) mass is 894 g/mol. The summed E-state index contributed by atoms with van der Waals surface area (Å²) in [6.45, 7) is 0. The van der Waals surface area contributed by atoms with Crippen molar-refractivity contribution in [3.63, 3.8) is 0 Å². The first-order chi connectivity index (χ1) is 25.8. The van der Waals surface area contributed by atoms with E-state index in [0.29, 0.717) is 17.2 Å². The second kappa shape index (κ2) is 19.3. The third-order valence-electron chi connectivity index (χ3n) is 8.14. The van der Waals surface area contributed by atoms with Gasteiger partial charge in [0.15, 0.2) is 0 Å². The number of allylic oxidation sites excluding steroid dienone is 2. The van der Waals surface area contributed by atoms with Crippen LogP contribution < -0.4 is 109 Å². The minimum atomic E-state index is -5.38. The summed E-state index contributed by atoms with van der Waals surface area (Å²) in [6.07, 6.45) is 1.58. The van der Waals surface area contributed by atoms with E-state index in [-0.39, 0.29) is 134 Å². The number of hydrogen-bond donors (Lipinski definition) is 2. The Morgan fingerprint density at radius 1 is 0.621 bits per heavy atom. The van der Waals surface area contributed by atoms with E-state index in [1.54, 1.807) is 30.3 Å². The molecule has 0 bridgehead atoms. The van der Waals surface area contributed by atoms with Gasteiger partial charge in [-0.2, -0.15) is 10.2 Å². The molecule has 2 N–H and O–H groups in total. The maximum absolute atomic E-state index is 13.4. The molecule has 0 atom stereocenters. The van der Waals surface area contributed by atoms with Crippen molar-refractivity contribution in [2.24, 2.45) is 10.2 Å². The molecule has 0 heterocycles. The van der Waals surface area contributed by atoms with E-state index in [2.05, 4.69) is 21.1 Å². The summed E-state index contributed by atoms with van der Waals surface area (Å²) in [5.41, 5.74) is 4.60. The Labute approximate surface area is 403 Å². The van der Waals surface area contributed by atoms with Gasteiger partial charge in [0.1, 0.15) is 53.3 Å². The van der Waals surface area contributed by atoms with Crippen molar-refractivity contribution in [2.75, 3.05) is 25.1 Å². The molecular weight excluding hydrogens is 873 g/mol. The molecule has 0 saturated carbocycles. The van der Waals surface area contributed by atoms with Crippen LogP contribution >= 0.6 is 11.6 Å². The van der Waals surface area contributed by atoms with E-state index in [9.17, 15) is 48.5 Å². The van der Waals surface area contributed by atoms with Gasteiger partial charge in [-0.25, -0.2) is 25.3 Å². The number of Topliss-reactive ketones (excluding diaryl/α,β-unsaturated/α-hetero) is 2. The number of nitrogens with one attached hydrogen (secondary N) is 2. The minimum Gasteiger partial charge on any atom is -0.744 e. The summed E-state index contributed by atoms with van der Waals surface area (Å²) in [5.74, 6) is -1.41. The van der Waals surface area contributed by atoms with E-state index < -0.39 is 72.9 Å². The van der Waals surface area contributed by atoms with Gasteiger partial charge in [-0.1, -0.05) is 48.0 Å². The molecule has 58 heavy (non-hydrogen) atoms. The van der Waals surface area contributed by atoms with E-state index in [4.69, 9.17) is 21.1 Å². The van der Waals surface area contributed by atoms with Gasteiger partial charge in [0.05, 0.1) is 50.9 Å². The van der Waals surface area contributed by atoms with Crippen LogP contribution in [0.3, 0.4) is 0 Å². The van der Waals surface area contributed by atoms with Crippen molar-refractivity contribution in [1.29, 1.82) is 0 Å². The number of ether oxygens (including phenoxy) is 2. The SMILES string of the molecule is COc1cc(-c2ccc(N/N=C3/C(=O)c4c(Cl)cc(S(=O)(=O)[O-])cc4C=C3S(=O)(=O)[O-])c(OC)c2)ccc1N/N=C1/C=C(S(=O)(=O)[O-])c2ccccc2C1=O.[Na+].[Na+].[Na+]. The minimum absolute atomic E-state index is 0. The van der Waals surface area contributed by atoms with Crippen LogP contribution in [-0.4, -0.2) is 76.1 Å². The quantitative estimate of drug-likeness (QED) is 0.0858. The molecule has 0 radical (unpaired) electrons. The van der Waals surface area contributed by atoms with Crippen molar-refractivity contribution >= 4 is 87.3 Å². The fraction of sp³-hybridized carbons (Fsp3) is 0.0588. The van der Waals surface area contributed by atoms with Crippen LogP contribution in [0.2, 0.25) is 5.02 Å². The molecule has 0 saturated heterocycles. The average molecular weight is 895 g/mol. The number of anilines is 2. The predicted molar refractivity (Wildman–Crippen MR) is 197 cm³/mol. The van der Waals surface area contributed by atoms with Crippen LogP contribution in [0.25, 0.3) is 22.1 Å². The van der Waals surface area contributed by atoms with Crippen LogP contribution in [0.15, 0.2) is 98.9 Å². The van der Waals surface area contributed by atoms with Crippen molar-refractivity contribution < 1.29 is 147 Å². The van der Waals surface area contributed by atoms with Crippen LogP contribution in [0.4, 0.5) is 11.4 Å². The first kappa shape index (κ1) is 49.6. The normalized spacial score (nSPS) is 15.1.